The molecule has 0 bridgehead atoms. The second-order valence-corrected chi connectivity index (χ2v) is 6.16. The van der Waals surface area contributed by atoms with Crippen molar-refractivity contribution in [2.75, 3.05) is 23.7 Å². The van der Waals surface area contributed by atoms with Gasteiger partial charge < -0.3 is 20.4 Å². The zero-order valence-corrected chi connectivity index (χ0v) is 15.0. The molecule has 3 N–H and O–H groups in total. The van der Waals surface area contributed by atoms with Crippen LogP contribution < -0.4 is 16.0 Å². The number of amides is 2. The highest BCUT2D eigenvalue weighted by Gasteiger charge is 2.20. The van der Waals surface area contributed by atoms with E-state index in [1.807, 2.05) is 0 Å². The van der Waals surface area contributed by atoms with Crippen LogP contribution in [0.25, 0.3) is 0 Å². The van der Waals surface area contributed by atoms with Crippen molar-refractivity contribution in [1.82, 2.24) is 5.32 Å². The van der Waals surface area contributed by atoms with E-state index in [-0.39, 0.29) is 36.5 Å². The summed E-state index contributed by atoms with van der Waals surface area (Å²) < 4.78 is 5.02. The number of nitrogens with one attached hydrogen (secondary N) is 3. The first-order chi connectivity index (χ1) is 11.6. The molecule has 1 aliphatic carbocycles. The Balaban J connectivity index is 0.00000225. The van der Waals surface area contributed by atoms with E-state index >= 15 is 0 Å². The first-order valence-corrected chi connectivity index (χ1v) is 8.14. The summed E-state index contributed by atoms with van der Waals surface area (Å²) in [6.45, 7) is 1.15. The lowest BCUT2D eigenvalue weighted by Gasteiger charge is -2.10. The second-order valence-electron chi connectivity index (χ2n) is 5.75. The van der Waals surface area contributed by atoms with Crippen LogP contribution in [-0.2, 0) is 4.79 Å². The molecule has 2 amide bonds. The summed E-state index contributed by atoms with van der Waals surface area (Å²) in [6.07, 6.45) is 3.91. The third kappa shape index (κ3) is 5.77. The van der Waals surface area contributed by atoms with Gasteiger partial charge in [0.25, 0.3) is 5.91 Å². The van der Waals surface area contributed by atoms with Crippen LogP contribution in [0, 0.1) is 5.92 Å². The predicted molar refractivity (Wildman–Crippen MR) is 99.6 cm³/mol. The van der Waals surface area contributed by atoms with Crippen LogP contribution in [0.2, 0.25) is 5.02 Å². The van der Waals surface area contributed by atoms with Crippen LogP contribution in [0.15, 0.2) is 41.0 Å². The highest BCUT2D eigenvalue weighted by molar-refractivity contribution is 6.34. The molecule has 1 aromatic carbocycles. The maximum atomic E-state index is 11.9. The predicted octanol–water partition coefficient (Wildman–Crippen LogP) is 3.55. The van der Waals surface area contributed by atoms with E-state index in [4.69, 9.17) is 16.0 Å². The third-order valence-electron chi connectivity index (χ3n) is 3.66. The minimum atomic E-state index is -0.386. The fraction of sp³-hybridized carbons (Fsp3) is 0.294. The Morgan fingerprint density at radius 2 is 2.00 bits per heavy atom. The van der Waals surface area contributed by atoms with Crippen molar-refractivity contribution in [1.29, 1.82) is 0 Å². The maximum Gasteiger partial charge on any atom is 0.291 e. The van der Waals surface area contributed by atoms with E-state index in [9.17, 15) is 9.59 Å². The molecular formula is C17H19Cl2N3O3. The van der Waals surface area contributed by atoms with Gasteiger partial charge in [-0.25, -0.2) is 0 Å². The van der Waals surface area contributed by atoms with Crippen molar-refractivity contribution >= 4 is 47.2 Å². The summed E-state index contributed by atoms with van der Waals surface area (Å²) in [6, 6.07) is 8.11. The molecule has 1 saturated carbocycles. The summed E-state index contributed by atoms with van der Waals surface area (Å²) >= 11 is 6.16. The van der Waals surface area contributed by atoms with Gasteiger partial charge in [0.15, 0.2) is 5.76 Å². The maximum absolute atomic E-state index is 11.9. The molecule has 0 radical (unpaired) electrons. The lowest BCUT2D eigenvalue weighted by atomic mass is 10.2. The lowest BCUT2D eigenvalue weighted by molar-refractivity contribution is -0.115. The monoisotopic (exact) mass is 383 g/mol. The normalized spacial score (nSPS) is 13.0. The first kappa shape index (κ1) is 19.3. The van der Waals surface area contributed by atoms with Crippen LogP contribution >= 0.6 is 24.0 Å². The van der Waals surface area contributed by atoms with Crippen molar-refractivity contribution < 1.29 is 14.0 Å². The number of carbonyl (C=O) groups is 2. The third-order valence-corrected chi connectivity index (χ3v) is 3.97. The Bertz CT molecular complexity index is 731. The van der Waals surface area contributed by atoms with E-state index in [1.165, 1.54) is 19.1 Å². The van der Waals surface area contributed by atoms with Crippen LogP contribution in [0.3, 0.4) is 0 Å². The molecule has 1 aliphatic rings. The zero-order valence-electron chi connectivity index (χ0n) is 13.4. The Kier molecular flexibility index (Phi) is 6.87. The molecule has 0 atom stereocenters. The van der Waals surface area contributed by atoms with E-state index in [2.05, 4.69) is 16.0 Å². The number of benzene rings is 1. The van der Waals surface area contributed by atoms with Gasteiger partial charge in [-0.2, -0.15) is 0 Å². The molecule has 6 nitrogen and oxygen atoms in total. The zero-order chi connectivity index (χ0) is 16.9. The number of hydrogen-bond donors (Lipinski definition) is 3. The van der Waals surface area contributed by atoms with Gasteiger partial charge in [0.05, 0.1) is 23.5 Å². The summed E-state index contributed by atoms with van der Waals surface area (Å²) in [7, 11) is 0. The van der Waals surface area contributed by atoms with E-state index < -0.39 is 0 Å². The molecule has 0 aliphatic heterocycles. The van der Waals surface area contributed by atoms with Gasteiger partial charge in [-0.05, 0) is 55.6 Å². The van der Waals surface area contributed by atoms with E-state index in [0.717, 1.165) is 12.5 Å². The number of hydrogen-bond acceptors (Lipinski definition) is 4. The molecular weight excluding hydrogens is 365 g/mol. The van der Waals surface area contributed by atoms with Crippen LogP contribution in [0.1, 0.15) is 23.4 Å². The van der Waals surface area contributed by atoms with Gasteiger partial charge in [0.1, 0.15) is 0 Å². The van der Waals surface area contributed by atoms with Crippen LogP contribution in [0.4, 0.5) is 11.4 Å². The molecule has 2 aromatic rings. The van der Waals surface area contributed by atoms with E-state index in [0.29, 0.717) is 16.4 Å². The smallest absolute Gasteiger partial charge is 0.291 e. The number of halogens is 2. The van der Waals surface area contributed by atoms with Gasteiger partial charge in [-0.3, -0.25) is 9.59 Å². The number of rotatable bonds is 7. The summed E-state index contributed by atoms with van der Waals surface area (Å²) in [5, 5.41) is 8.88. The van der Waals surface area contributed by atoms with Gasteiger partial charge in [0.2, 0.25) is 5.91 Å². The van der Waals surface area contributed by atoms with Gasteiger partial charge in [-0.15, -0.1) is 12.4 Å². The van der Waals surface area contributed by atoms with Gasteiger partial charge in [-0.1, -0.05) is 11.6 Å². The fourth-order valence-corrected chi connectivity index (χ4v) is 2.43. The number of carbonyl (C=O) groups excluding carboxylic acids is 2. The minimum absolute atomic E-state index is 0. The molecule has 25 heavy (non-hydrogen) atoms. The Morgan fingerprint density at radius 1 is 1.20 bits per heavy atom. The topological polar surface area (TPSA) is 83.4 Å². The minimum Gasteiger partial charge on any atom is -0.459 e. The van der Waals surface area contributed by atoms with Crippen molar-refractivity contribution in [2.45, 2.75) is 12.8 Å². The van der Waals surface area contributed by atoms with Crippen LogP contribution in [0.5, 0.6) is 0 Å². The molecule has 1 fully saturated rings. The Morgan fingerprint density at radius 3 is 2.64 bits per heavy atom. The summed E-state index contributed by atoms with van der Waals surface area (Å²) in [5.41, 5.74) is 1.03. The molecule has 8 heteroatoms. The SMILES string of the molecule is Cl.O=C(CNCC1CC1)Nc1ccc(NC(=O)c2ccco2)c(Cl)c1. The molecule has 0 spiro atoms. The number of furan rings is 1. The van der Waals surface area contributed by atoms with Crippen LogP contribution in [-0.4, -0.2) is 24.9 Å². The lowest BCUT2D eigenvalue weighted by Crippen LogP contribution is -2.29. The fourth-order valence-electron chi connectivity index (χ4n) is 2.20. The summed E-state index contributed by atoms with van der Waals surface area (Å²) in [5.74, 6) is 0.413. The molecule has 1 heterocycles. The van der Waals surface area contributed by atoms with E-state index in [1.54, 1.807) is 30.3 Å². The van der Waals surface area contributed by atoms with Crippen molar-refractivity contribution in [3.8, 4) is 0 Å². The molecule has 0 unspecified atom stereocenters. The number of anilines is 2. The molecule has 1 aromatic heterocycles. The standard InChI is InChI=1S/C17H18ClN3O3.ClH/c18-13-8-12(20-16(22)10-19-9-11-3-4-11)5-6-14(13)21-17(23)15-2-1-7-24-15;/h1-2,5-8,11,19H,3-4,9-10H2,(H,20,22)(H,21,23);1H. The van der Waals surface area contributed by atoms with Crippen molar-refractivity contribution in [2.24, 2.45) is 5.92 Å². The van der Waals surface area contributed by atoms with Crippen molar-refractivity contribution in [3.63, 3.8) is 0 Å². The van der Waals surface area contributed by atoms with Crippen molar-refractivity contribution in [3.05, 3.63) is 47.4 Å². The largest absolute Gasteiger partial charge is 0.459 e. The Labute approximate surface area is 156 Å². The Hall–Kier alpha value is -2.02. The molecule has 134 valence electrons. The quantitative estimate of drug-likeness (QED) is 0.682. The first-order valence-electron chi connectivity index (χ1n) is 7.77. The average molecular weight is 384 g/mol. The highest BCUT2D eigenvalue weighted by atomic mass is 35.5. The average Bonchev–Trinajstić information content (AvgIpc) is 3.20. The molecule has 0 saturated heterocycles. The van der Waals surface area contributed by atoms with Gasteiger partial charge in [0, 0.05) is 5.69 Å². The van der Waals surface area contributed by atoms with Gasteiger partial charge >= 0.3 is 0 Å². The highest BCUT2D eigenvalue weighted by Crippen LogP contribution is 2.27. The molecule has 3 rings (SSSR count). The summed E-state index contributed by atoms with van der Waals surface area (Å²) in [4.78, 5) is 23.8. The second kappa shape index (κ2) is 8.89.